The lowest BCUT2D eigenvalue weighted by atomic mass is 10.3. The van der Waals surface area contributed by atoms with Crippen LogP contribution in [-0.2, 0) is 14.3 Å². The van der Waals surface area contributed by atoms with Gasteiger partial charge in [0.15, 0.2) is 6.61 Å². The van der Waals surface area contributed by atoms with Crippen LogP contribution in [0.3, 0.4) is 0 Å². The number of anilines is 1. The molecule has 0 aliphatic carbocycles. The Morgan fingerprint density at radius 1 is 1.32 bits per heavy atom. The van der Waals surface area contributed by atoms with Gasteiger partial charge >= 0.3 is 5.97 Å². The summed E-state index contributed by atoms with van der Waals surface area (Å²) in [5.41, 5.74) is 1.12. The van der Waals surface area contributed by atoms with Crippen molar-refractivity contribution < 1.29 is 23.6 Å². The zero-order valence-electron chi connectivity index (χ0n) is 13.6. The lowest BCUT2D eigenvalue weighted by molar-refractivity contribution is -0.136. The fraction of sp³-hybridized carbons (Fsp3) is 0.250. The molecule has 0 saturated heterocycles. The summed E-state index contributed by atoms with van der Waals surface area (Å²) >= 11 is 3.32. The highest BCUT2D eigenvalue weighted by molar-refractivity contribution is 9.10. The lowest BCUT2D eigenvalue weighted by Crippen LogP contribution is -2.37. The Hall–Kier alpha value is -2.68. The number of carbonyl (C=O) groups excluding carboxylic acids is 3. The summed E-state index contributed by atoms with van der Waals surface area (Å²) in [6, 6.07) is 8.52. The minimum absolute atomic E-state index is 0.0837. The van der Waals surface area contributed by atoms with Gasteiger partial charge in [-0.05, 0) is 35.0 Å². The fourth-order valence-corrected chi connectivity index (χ4v) is 2.21. The van der Waals surface area contributed by atoms with Gasteiger partial charge in [-0.25, -0.2) is 4.79 Å². The van der Waals surface area contributed by atoms with E-state index in [0.29, 0.717) is 11.4 Å². The molecule has 1 N–H and O–H groups in total. The molecule has 0 radical (unpaired) electrons. The molecule has 0 aliphatic heterocycles. The number of nitrogens with zero attached hydrogens (tertiary/aromatic N) is 2. The highest BCUT2D eigenvalue weighted by Gasteiger charge is 2.18. The van der Waals surface area contributed by atoms with E-state index in [4.69, 9.17) is 9.26 Å². The van der Waals surface area contributed by atoms with Crippen LogP contribution in [0.25, 0.3) is 0 Å². The monoisotopic (exact) mass is 409 g/mol. The molecule has 9 heteroatoms. The number of halogens is 1. The minimum atomic E-state index is -0.792. The number of hydrogen-bond acceptors (Lipinski definition) is 6. The van der Waals surface area contributed by atoms with Crippen LogP contribution in [0.4, 0.5) is 5.69 Å². The number of benzene rings is 1. The van der Waals surface area contributed by atoms with E-state index in [9.17, 15) is 14.4 Å². The Morgan fingerprint density at radius 3 is 2.68 bits per heavy atom. The number of aryl methyl sites for hydroxylation is 1. The summed E-state index contributed by atoms with van der Waals surface area (Å²) in [5, 5.41) is 6.24. The van der Waals surface area contributed by atoms with Crippen LogP contribution in [0.2, 0.25) is 0 Å². The van der Waals surface area contributed by atoms with E-state index in [1.165, 1.54) is 13.1 Å². The van der Waals surface area contributed by atoms with Gasteiger partial charge in [0, 0.05) is 17.6 Å². The van der Waals surface area contributed by atoms with Gasteiger partial charge in [-0.1, -0.05) is 17.3 Å². The molecule has 0 fully saturated rings. The van der Waals surface area contributed by atoms with Gasteiger partial charge in [0.2, 0.25) is 11.7 Å². The van der Waals surface area contributed by atoms with E-state index < -0.39 is 18.5 Å². The Morgan fingerprint density at radius 2 is 2.04 bits per heavy atom. The number of para-hydroxylation sites is 1. The topological polar surface area (TPSA) is 102 Å². The van der Waals surface area contributed by atoms with Crippen LogP contribution in [-0.4, -0.2) is 48.0 Å². The van der Waals surface area contributed by atoms with Gasteiger partial charge in [-0.2, -0.15) is 0 Å². The predicted octanol–water partition coefficient (Wildman–Crippen LogP) is 2.00. The molecule has 1 heterocycles. The fourth-order valence-electron chi connectivity index (χ4n) is 1.82. The van der Waals surface area contributed by atoms with Gasteiger partial charge in [0.1, 0.15) is 0 Å². The van der Waals surface area contributed by atoms with Crippen molar-refractivity contribution in [2.75, 3.05) is 25.5 Å². The van der Waals surface area contributed by atoms with Crippen LogP contribution in [0, 0.1) is 6.92 Å². The van der Waals surface area contributed by atoms with Crippen molar-refractivity contribution in [2.24, 2.45) is 0 Å². The standard InChI is InChI=1S/C16H16BrN3O5/c1-10-7-13(25-19-10)16(23)24-9-15(22)20(2)8-14(21)18-12-6-4-3-5-11(12)17/h3-7H,8-9H2,1-2H3,(H,18,21). The second-order valence-electron chi connectivity index (χ2n) is 5.19. The highest BCUT2D eigenvalue weighted by Crippen LogP contribution is 2.20. The summed E-state index contributed by atoms with van der Waals surface area (Å²) in [7, 11) is 1.44. The lowest BCUT2D eigenvalue weighted by Gasteiger charge is -2.16. The summed E-state index contributed by atoms with van der Waals surface area (Å²) in [6.45, 7) is 0.972. The molecule has 2 rings (SSSR count). The second-order valence-corrected chi connectivity index (χ2v) is 6.04. The van der Waals surface area contributed by atoms with Crippen molar-refractivity contribution in [3.05, 3.63) is 46.3 Å². The van der Waals surface area contributed by atoms with Crippen molar-refractivity contribution in [1.82, 2.24) is 10.1 Å². The molecule has 0 unspecified atom stereocenters. The van der Waals surface area contributed by atoms with Crippen molar-refractivity contribution in [3.63, 3.8) is 0 Å². The third kappa shape index (κ3) is 5.42. The zero-order valence-corrected chi connectivity index (χ0v) is 15.2. The number of nitrogens with one attached hydrogen (secondary N) is 1. The van der Waals surface area contributed by atoms with Gasteiger partial charge in [0.25, 0.3) is 5.91 Å². The molecule has 0 saturated carbocycles. The third-order valence-electron chi connectivity index (χ3n) is 3.11. The first kappa shape index (κ1) is 18.7. The summed E-state index contributed by atoms with van der Waals surface area (Å²) < 4.78 is 10.3. The van der Waals surface area contributed by atoms with E-state index in [-0.39, 0.29) is 18.2 Å². The number of rotatable bonds is 6. The molecular formula is C16H16BrN3O5. The smallest absolute Gasteiger partial charge is 0.377 e. The summed E-state index contributed by atoms with van der Waals surface area (Å²) in [5.74, 6) is -1.77. The molecule has 25 heavy (non-hydrogen) atoms. The molecule has 0 aliphatic rings. The van der Waals surface area contributed by atoms with Crippen molar-refractivity contribution in [2.45, 2.75) is 6.92 Å². The normalized spacial score (nSPS) is 10.2. The van der Waals surface area contributed by atoms with Crippen LogP contribution < -0.4 is 5.32 Å². The summed E-state index contributed by atoms with van der Waals surface area (Å²) in [6.07, 6.45) is 0. The van der Waals surface area contributed by atoms with Crippen LogP contribution in [0.1, 0.15) is 16.2 Å². The highest BCUT2D eigenvalue weighted by atomic mass is 79.9. The van der Waals surface area contributed by atoms with Gasteiger partial charge < -0.3 is 19.5 Å². The molecule has 8 nitrogen and oxygen atoms in total. The first-order chi connectivity index (χ1) is 11.9. The Labute approximate surface area is 152 Å². The molecule has 2 amide bonds. The first-order valence-electron chi connectivity index (χ1n) is 7.25. The van der Waals surface area contributed by atoms with Crippen LogP contribution >= 0.6 is 15.9 Å². The van der Waals surface area contributed by atoms with E-state index in [2.05, 4.69) is 26.4 Å². The van der Waals surface area contributed by atoms with E-state index in [0.717, 1.165) is 9.37 Å². The van der Waals surface area contributed by atoms with Crippen molar-refractivity contribution >= 4 is 39.4 Å². The number of likely N-dealkylation sites (N-methyl/N-ethyl adjacent to an activating group) is 1. The van der Waals surface area contributed by atoms with Crippen LogP contribution in [0.15, 0.2) is 39.3 Å². The average Bonchev–Trinajstić information content (AvgIpc) is 3.01. The molecule has 1 aromatic carbocycles. The summed E-state index contributed by atoms with van der Waals surface area (Å²) in [4.78, 5) is 36.8. The van der Waals surface area contributed by atoms with Gasteiger partial charge in [-0.3, -0.25) is 9.59 Å². The van der Waals surface area contributed by atoms with E-state index in [1.807, 2.05) is 6.07 Å². The Balaban J connectivity index is 1.80. The Bertz CT molecular complexity index is 790. The number of hydrogen-bond donors (Lipinski definition) is 1. The SMILES string of the molecule is Cc1cc(C(=O)OCC(=O)N(C)CC(=O)Nc2ccccc2Br)on1. The number of carbonyl (C=O) groups is 3. The minimum Gasteiger partial charge on any atom is -0.450 e. The molecular weight excluding hydrogens is 394 g/mol. The van der Waals surface area contributed by atoms with E-state index >= 15 is 0 Å². The Kier molecular flexibility index (Phi) is 6.29. The molecule has 1 aromatic heterocycles. The largest absolute Gasteiger partial charge is 0.450 e. The van der Waals surface area contributed by atoms with Crippen molar-refractivity contribution in [1.29, 1.82) is 0 Å². The number of ether oxygens (including phenoxy) is 1. The number of esters is 1. The third-order valence-corrected chi connectivity index (χ3v) is 3.80. The maximum absolute atomic E-state index is 12.0. The predicted molar refractivity (Wildman–Crippen MR) is 91.9 cm³/mol. The molecule has 0 bridgehead atoms. The van der Waals surface area contributed by atoms with Crippen LogP contribution in [0.5, 0.6) is 0 Å². The molecule has 132 valence electrons. The molecule has 2 aromatic rings. The first-order valence-corrected chi connectivity index (χ1v) is 8.05. The van der Waals surface area contributed by atoms with Gasteiger partial charge in [-0.15, -0.1) is 0 Å². The van der Waals surface area contributed by atoms with E-state index in [1.54, 1.807) is 25.1 Å². The van der Waals surface area contributed by atoms with Crippen molar-refractivity contribution in [3.8, 4) is 0 Å². The quantitative estimate of drug-likeness (QED) is 0.731. The molecule has 0 spiro atoms. The maximum atomic E-state index is 12.0. The zero-order chi connectivity index (χ0) is 18.4. The maximum Gasteiger partial charge on any atom is 0.377 e. The second kappa shape index (κ2) is 8.43. The average molecular weight is 410 g/mol. The van der Waals surface area contributed by atoms with Gasteiger partial charge in [0.05, 0.1) is 17.9 Å². The number of aromatic nitrogens is 1. The molecule has 0 atom stereocenters. The number of amides is 2.